The van der Waals surface area contributed by atoms with Crippen LogP contribution in [-0.4, -0.2) is 16.5 Å². The predicted octanol–water partition coefficient (Wildman–Crippen LogP) is 2.69. The van der Waals surface area contributed by atoms with Gasteiger partial charge in [0.1, 0.15) is 6.07 Å². The molecule has 0 amide bonds. The number of hydrogen-bond acceptors (Lipinski definition) is 4. The first-order valence-corrected chi connectivity index (χ1v) is 6.52. The molecule has 0 saturated heterocycles. The van der Waals surface area contributed by atoms with Crippen LogP contribution in [0.4, 0.5) is 5.69 Å². The number of aromatic nitrogens is 1. The average molecular weight is 282 g/mol. The summed E-state index contributed by atoms with van der Waals surface area (Å²) in [7, 11) is 0. The number of nitriles is 1. The van der Waals surface area contributed by atoms with E-state index in [2.05, 4.69) is 42.3 Å². The van der Waals surface area contributed by atoms with E-state index >= 15 is 0 Å². The standard InChI is InChI=1S/C15H18N6/c1-15(2,3)13-7-9-6-10(4-5-11(9)19-13)20-21-12(8-16)14(17)18/h4-7,19-20H,1-3H3,(H3,17,18)/b21-12+. The second kappa shape index (κ2) is 5.29. The number of hydrogen-bond donors (Lipinski definition) is 4. The van der Waals surface area contributed by atoms with Gasteiger partial charge in [0.05, 0.1) is 5.69 Å². The Morgan fingerprint density at radius 3 is 2.67 bits per heavy atom. The molecule has 1 aromatic heterocycles. The zero-order valence-electron chi connectivity index (χ0n) is 12.3. The van der Waals surface area contributed by atoms with Gasteiger partial charge in [-0.05, 0) is 24.3 Å². The molecule has 6 nitrogen and oxygen atoms in total. The highest BCUT2D eigenvalue weighted by molar-refractivity contribution is 6.45. The first-order valence-electron chi connectivity index (χ1n) is 6.52. The average Bonchev–Trinajstić information content (AvgIpc) is 2.82. The van der Waals surface area contributed by atoms with Gasteiger partial charge in [-0.1, -0.05) is 20.8 Å². The third-order valence-corrected chi connectivity index (χ3v) is 3.09. The molecule has 0 aliphatic rings. The minimum Gasteiger partial charge on any atom is -0.382 e. The molecular weight excluding hydrogens is 264 g/mol. The summed E-state index contributed by atoms with van der Waals surface area (Å²) < 4.78 is 0. The fourth-order valence-electron chi connectivity index (χ4n) is 1.87. The van der Waals surface area contributed by atoms with E-state index < -0.39 is 0 Å². The summed E-state index contributed by atoms with van der Waals surface area (Å²) in [6.07, 6.45) is 0. The lowest BCUT2D eigenvalue weighted by atomic mass is 9.92. The van der Waals surface area contributed by atoms with Crippen LogP contribution in [0.5, 0.6) is 0 Å². The lowest BCUT2D eigenvalue weighted by Gasteiger charge is -2.15. The highest BCUT2D eigenvalue weighted by Crippen LogP contribution is 2.27. The number of nitrogens with two attached hydrogens (primary N) is 1. The molecule has 1 aromatic carbocycles. The van der Waals surface area contributed by atoms with E-state index in [4.69, 9.17) is 16.4 Å². The van der Waals surface area contributed by atoms with E-state index in [1.165, 1.54) is 0 Å². The number of nitrogens with one attached hydrogen (secondary N) is 3. The number of H-pyrrole nitrogens is 1. The molecule has 0 unspecified atom stereocenters. The SMILES string of the molecule is CC(C)(C)c1cc2cc(N/N=C(\C#N)C(=N)N)ccc2[nH]1. The molecule has 6 heteroatoms. The molecule has 0 aliphatic carbocycles. The van der Waals surface area contributed by atoms with Gasteiger partial charge >= 0.3 is 0 Å². The number of rotatable bonds is 3. The van der Waals surface area contributed by atoms with Gasteiger partial charge in [0.2, 0.25) is 5.71 Å². The number of fused-ring (bicyclic) bond motifs is 1. The molecule has 0 saturated carbocycles. The van der Waals surface area contributed by atoms with Crippen molar-refractivity contribution in [3.8, 4) is 6.07 Å². The molecular formula is C15H18N6. The summed E-state index contributed by atoms with van der Waals surface area (Å²) in [5, 5.41) is 20.9. The summed E-state index contributed by atoms with van der Waals surface area (Å²) in [4.78, 5) is 3.39. The van der Waals surface area contributed by atoms with Crippen LogP contribution in [0.3, 0.4) is 0 Å². The van der Waals surface area contributed by atoms with Gasteiger partial charge in [-0.2, -0.15) is 10.4 Å². The van der Waals surface area contributed by atoms with E-state index in [1.54, 1.807) is 6.07 Å². The minimum absolute atomic E-state index is 0.0490. The molecule has 21 heavy (non-hydrogen) atoms. The van der Waals surface area contributed by atoms with Crippen molar-refractivity contribution in [2.24, 2.45) is 10.8 Å². The molecule has 0 aliphatic heterocycles. The smallest absolute Gasteiger partial charge is 0.201 e. The second-order valence-electron chi connectivity index (χ2n) is 5.83. The fraction of sp³-hybridized carbons (Fsp3) is 0.267. The molecule has 5 N–H and O–H groups in total. The van der Waals surface area contributed by atoms with Crippen molar-refractivity contribution in [1.82, 2.24) is 4.98 Å². The van der Waals surface area contributed by atoms with E-state index in [9.17, 15) is 0 Å². The maximum atomic E-state index is 8.79. The topological polar surface area (TPSA) is 114 Å². The summed E-state index contributed by atoms with van der Waals surface area (Å²) in [6.45, 7) is 6.44. The molecule has 2 aromatic rings. The van der Waals surface area contributed by atoms with E-state index in [1.807, 2.05) is 18.2 Å². The number of benzene rings is 1. The fourth-order valence-corrected chi connectivity index (χ4v) is 1.87. The van der Waals surface area contributed by atoms with E-state index in [-0.39, 0.29) is 17.0 Å². The van der Waals surface area contributed by atoms with Crippen LogP contribution in [0.25, 0.3) is 10.9 Å². The quantitative estimate of drug-likeness (QED) is 0.394. The maximum absolute atomic E-state index is 8.79. The Balaban J connectivity index is 2.32. The Hall–Kier alpha value is -2.81. The number of aromatic amines is 1. The molecule has 0 radical (unpaired) electrons. The zero-order chi connectivity index (χ0) is 15.6. The summed E-state index contributed by atoms with van der Waals surface area (Å²) >= 11 is 0. The molecule has 0 bridgehead atoms. The summed E-state index contributed by atoms with van der Waals surface area (Å²) in [5.41, 5.74) is 10.8. The molecule has 1 heterocycles. The lowest BCUT2D eigenvalue weighted by molar-refractivity contribution is 0.574. The third kappa shape index (κ3) is 3.20. The van der Waals surface area contributed by atoms with Crippen LogP contribution >= 0.6 is 0 Å². The van der Waals surface area contributed by atoms with Crippen LogP contribution in [0, 0.1) is 16.7 Å². The van der Waals surface area contributed by atoms with Gasteiger partial charge in [-0.15, -0.1) is 0 Å². The molecule has 108 valence electrons. The van der Waals surface area contributed by atoms with Crippen LogP contribution in [-0.2, 0) is 5.41 Å². The second-order valence-corrected chi connectivity index (χ2v) is 5.83. The Morgan fingerprint density at radius 1 is 1.38 bits per heavy atom. The Labute approximate surface area is 123 Å². The van der Waals surface area contributed by atoms with Gasteiger partial charge in [-0.3, -0.25) is 10.8 Å². The predicted molar refractivity (Wildman–Crippen MR) is 85.6 cm³/mol. The van der Waals surface area contributed by atoms with Crippen molar-refractivity contribution in [3.63, 3.8) is 0 Å². The number of amidine groups is 1. The number of hydrazone groups is 1. The number of anilines is 1. The van der Waals surface area contributed by atoms with Crippen LogP contribution in [0.15, 0.2) is 29.4 Å². The highest BCUT2D eigenvalue weighted by atomic mass is 15.3. The van der Waals surface area contributed by atoms with Crippen molar-refractivity contribution in [2.45, 2.75) is 26.2 Å². The van der Waals surface area contributed by atoms with Crippen LogP contribution in [0.2, 0.25) is 0 Å². The van der Waals surface area contributed by atoms with Gasteiger partial charge in [0.25, 0.3) is 0 Å². The van der Waals surface area contributed by atoms with Crippen molar-refractivity contribution in [1.29, 1.82) is 10.7 Å². The Morgan fingerprint density at radius 2 is 2.10 bits per heavy atom. The monoisotopic (exact) mass is 282 g/mol. The van der Waals surface area contributed by atoms with Crippen molar-refractivity contribution < 1.29 is 0 Å². The maximum Gasteiger partial charge on any atom is 0.201 e. The van der Waals surface area contributed by atoms with E-state index in [0.717, 1.165) is 22.3 Å². The van der Waals surface area contributed by atoms with Crippen molar-refractivity contribution in [3.05, 3.63) is 30.0 Å². The first-order chi connectivity index (χ1) is 9.81. The van der Waals surface area contributed by atoms with Crippen molar-refractivity contribution >= 4 is 28.1 Å². The van der Waals surface area contributed by atoms with E-state index in [0.29, 0.717) is 0 Å². The Bertz CT molecular complexity index is 755. The van der Waals surface area contributed by atoms with Gasteiger partial charge in [0, 0.05) is 22.0 Å². The normalized spacial score (nSPS) is 12.2. The zero-order valence-corrected chi connectivity index (χ0v) is 12.3. The van der Waals surface area contributed by atoms with Crippen molar-refractivity contribution in [2.75, 3.05) is 5.43 Å². The van der Waals surface area contributed by atoms with Crippen LogP contribution in [0.1, 0.15) is 26.5 Å². The van der Waals surface area contributed by atoms with Gasteiger partial charge in [0.15, 0.2) is 5.84 Å². The Kier molecular flexibility index (Phi) is 3.68. The number of nitrogens with zero attached hydrogens (tertiary/aromatic N) is 2. The molecule has 0 atom stereocenters. The third-order valence-electron chi connectivity index (χ3n) is 3.09. The first kappa shape index (κ1) is 14.6. The molecule has 0 spiro atoms. The lowest BCUT2D eigenvalue weighted by Crippen LogP contribution is -2.21. The van der Waals surface area contributed by atoms with Gasteiger partial charge < -0.3 is 10.7 Å². The minimum atomic E-state index is -0.359. The van der Waals surface area contributed by atoms with Crippen LogP contribution < -0.4 is 11.2 Å². The summed E-state index contributed by atoms with van der Waals surface area (Å²) in [5.74, 6) is -0.359. The highest BCUT2D eigenvalue weighted by Gasteiger charge is 2.16. The largest absolute Gasteiger partial charge is 0.382 e. The molecule has 0 fully saturated rings. The molecule has 2 rings (SSSR count). The summed E-state index contributed by atoms with van der Waals surface area (Å²) in [6, 6.07) is 9.59. The van der Waals surface area contributed by atoms with Gasteiger partial charge in [-0.25, -0.2) is 0 Å².